The highest BCUT2D eigenvalue weighted by molar-refractivity contribution is 5.27. The molecule has 0 unspecified atom stereocenters. The summed E-state index contributed by atoms with van der Waals surface area (Å²) in [6, 6.07) is 10.1. The first-order valence-corrected chi connectivity index (χ1v) is 7.10. The van der Waals surface area contributed by atoms with Crippen molar-refractivity contribution in [3.05, 3.63) is 53.5 Å². The number of ether oxygens (including phenoxy) is 1. The van der Waals surface area contributed by atoms with Gasteiger partial charge in [-0.2, -0.15) is 0 Å². The minimum atomic E-state index is 0.466. The van der Waals surface area contributed by atoms with Gasteiger partial charge in [0.15, 0.2) is 0 Å². The molecule has 0 radical (unpaired) electrons. The maximum Gasteiger partial charge on any atom is 0.146 e. The molecule has 0 aliphatic carbocycles. The van der Waals surface area contributed by atoms with E-state index in [0.29, 0.717) is 12.5 Å². The maximum absolute atomic E-state index is 5.71. The smallest absolute Gasteiger partial charge is 0.146 e. The van der Waals surface area contributed by atoms with Gasteiger partial charge in [-0.3, -0.25) is 0 Å². The van der Waals surface area contributed by atoms with E-state index < -0.39 is 0 Å². The van der Waals surface area contributed by atoms with E-state index in [2.05, 4.69) is 32.2 Å². The van der Waals surface area contributed by atoms with E-state index in [4.69, 9.17) is 9.15 Å². The van der Waals surface area contributed by atoms with Crippen molar-refractivity contribution in [3.63, 3.8) is 0 Å². The van der Waals surface area contributed by atoms with Gasteiger partial charge < -0.3 is 14.5 Å². The molecule has 3 heteroatoms. The third-order valence-corrected chi connectivity index (χ3v) is 2.96. The van der Waals surface area contributed by atoms with Gasteiger partial charge in [-0.1, -0.05) is 26.0 Å². The fourth-order valence-electron chi connectivity index (χ4n) is 1.96. The Hall–Kier alpha value is -1.74. The lowest BCUT2D eigenvalue weighted by atomic mass is 10.2. The van der Waals surface area contributed by atoms with Crippen LogP contribution in [0.1, 0.15) is 30.7 Å². The van der Waals surface area contributed by atoms with Gasteiger partial charge in [-0.25, -0.2) is 0 Å². The number of rotatable bonds is 7. The van der Waals surface area contributed by atoms with Crippen LogP contribution < -0.4 is 10.1 Å². The van der Waals surface area contributed by atoms with Crippen LogP contribution in [0.2, 0.25) is 0 Å². The third-order valence-electron chi connectivity index (χ3n) is 2.96. The van der Waals surface area contributed by atoms with Crippen molar-refractivity contribution in [1.82, 2.24) is 5.32 Å². The largest absolute Gasteiger partial charge is 0.486 e. The molecule has 1 aromatic heterocycles. The van der Waals surface area contributed by atoms with Crippen LogP contribution in [0.3, 0.4) is 0 Å². The summed E-state index contributed by atoms with van der Waals surface area (Å²) in [5.74, 6) is 2.39. The third kappa shape index (κ3) is 4.74. The number of benzene rings is 1. The molecule has 2 rings (SSSR count). The number of hydrogen-bond donors (Lipinski definition) is 1. The molecular weight excluding hydrogens is 250 g/mol. The van der Waals surface area contributed by atoms with Crippen LogP contribution in [0.15, 0.2) is 41.0 Å². The van der Waals surface area contributed by atoms with Crippen LogP contribution in [-0.2, 0) is 13.2 Å². The molecule has 20 heavy (non-hydrogen) atoms. The van der Waals surface area contributed by atoms with Gasteiger partial charge in [-0.05, 0) is 43.1 Å². The van der Waals surface area contributed by atoms with Crippen molar-refractivity contribution in [2.24, 2.45) is 5.92 Å². The lowest BCUT2D eigenvalue weighted by Gasteiger charge is -2.05. The molecule has 3 nitrogen and oxygen atoms in total. The van der Waals surface area contributed by atoms with Crippen molar-refractivity contribution in [2.45, 2.75) is 33.9 Å². The number of nitrogens with one attached hydrogen (secondary N) is 1. The topological polar surface area (TPSA) is 34.4 Å². The summed E-state index contributed by atoms with van der Waals surface area (Å²) in [6.45, 7) is 8.77. The number of furan rings is 1. The van der Waals surface area contributed by atoms with Crippen molar-refractivity contribution in [2.75, 3.05) is 6.54 Å². The van der Waals surface area contributed by atoms with Crippen molar-refractivity contribution in [3.8, 4) is 5.75 Å². The quantitative estimate of drug-likeness (QED) is 0.830. The molecule has 1 aromatic carbocycles. The highest BCUT2D eigenvalue weighted by Gasteiger charge is 2.03. The molecule has 0 atom stereocenters. The summed E-state index contributed by atoms with van der Waals surface area (Å²) in [6.07, 6.45) is 1.79. The molecule has 108 valence electrons. The van der Waals surface area contributed by atoms with E-state index >= 15 is 0 Å². The van der Waals surface area contributed by atoms with E-state index in [-0.39, 0.29) is 0 Å². The molecule has 0 aliphatic heterocycles. The minimum absolute atomic E-state index is 0.466. The van der Waals surface area contributed by atoms with E-state index in [1.165, 1.54) is 5.56 Å². The Morgan fingerprint density at radius 1 is 1.25 bits per heavy atom. The van der Waals surface area contributed by atoms with E-state index in [1.807, 2.05) is 24.3 Å². The molecule has 0 spiro atoms. The van der Waals surface area contributed by atoms with Crippen LogP contribution in [0.5, 0.6) is 5.75 Å². The molecule has 0 saturated heterocycles. The molecule has 0 fully saturated rings. The summed E-state index contributed by atoms with van der Waals surface area (Å²) >= 11 is 0. The lowest BCUT2D eigenvalue weighted by Crippen LogP contribution is -2.18. The molecule has 0 amide bonds. The van der Waals surface area contributed by atoms with Gasteiger partial charge in [-0.15, -0.1) is 0 Å². The van der Waals surface area contributed by atoms with Gasteiger partial charge >= 0.3 is 0 Å². The van der Waals surface area contributed by atoms with Crippen LogP contribution >= 0.6 is 0 Å². The Morgan fingerprint density at radius 2 is 2.10 bits per heavy atom. The summed E-state index contributed by atoms with van der Waals surface area (Å²) < 4.78 is 11.2. The molecular formula is C17H23NO2. The van der Waals surface area contributed by atoms with Gasteiger partial charge in [0.2, 0.25) is 0 Å². The van der Waals surface area contributed by atoms with Gasteiger partial charge in [0.1, 0.15) is 18.1 Å². The summed E-state index contributed by atoms with van der Waals surface area (Å²) in [7, 11) is 0. The standard InChI is InChI=1S/C17H23NO2/c1-13(2)9-18-10-15-8-17(19-11-15)12-20-16-6-4-5-14(3)7-16/h4-8,11,13,18H,9-10,12H2,1-3H3. The predicted octanol–water partition coefficient (Wildman–Crippen LogP) is 3.91. The summed E-state index contributed by atoms with van der Waals surface area (Å²) in [5.41, 5.74) is 2.36. The highest BCUT2D eigenvalue weighted by atomic mass is 16.5. The SMILES string of the molecule is Cc1cccc(OCc2cc(CNCC(C)C)co2)c1. The zero-order chi connectivity index (χ0) is 14.4. The first-order valence-electron chi connectivity index (χ1n) is 7.10. The molecule has 0 saturated carbocycles. The fourth-order valence-corrected chi connectivity index (χ4v) is 1.96. The molecule has 2 aromatic rings. The van der Waals surface area contributed by atoms with Crippen molar-refractivity contribution < 1.29 is 9.15 Å². The zero-order valence-electron chi connectivity index (χ0n) is 12.5. The second-order valence-electron chi connectivity index (χ2n) is 5.55. The van der Waals surface area contributed by atoms with E-state index in [0.717, 1.165) is 30.2 Å². The van der Waals surface area contributed by atoms with E-state index in [1.54, 1.807) is 6.26 Å². The maximum atomic E-state index is 5.71. The molecule has 1 N–H and O–H groups in total. The highest BCUT2D eigenvalue weighted by Crippen LogP contribution is 2.15. The molecule has 1 heterocycles. The monoisotopic (exact) mass is 273 g/mol. The fraction of sp³-hybridized carbons (Fsp3) is 0.412. The first-order chi connectivity index (χ1) is 9.63. The summed E-state index contributed by atoms with van der Waals surface area (Å²) in [5, 5.41) is 3.39. The second-order valence-corrected chi connectivity index (χ2v) is 5.55. The average molecular weight is 273 g/mol. The Bertz CT molecular complexity index is 531. The van der Waals surface area contributed by atoms with Crippen molar-refractivity contribution >= 4 is 0 Å². The zero-order valence-corrected chi connectivity index (χ0v) is 12.5. The predicted molar refractivity (Wildman–Crippen MR) is 80.8 cm³/mol. The van der Waals surface area contributed by atoms with Gasteiger partial charge in [0.05, 0.1) is 6.26 Å². The normalized spacial score (nSPS) is 11.0. The van der Waals surface area contributed by atoms with Gasteiger partial charge in [0, 0.05) is 12.1 Å². The number of hydrogen-bond acceptors (Lipinski definition) is 3. The summed E-state index contributed by atoms with van der Waals surface area (Å²) in [4.78, 5) is 0. The van der Waals surface area contributed by atoms with Crippen molar-refractivity contribution in [1.29, 1.82) is 0 Å². The number of aryl methyl sites for hydroxylation is 1. The Labute approximate surface area is 121 Å². The Balaban J connectivity index is 1.80. The van der Waals surface area contributed by atoms with Crippen LogP contribution in [0.4, 0.5) is 0 Å². The first kappa shape index (κ1) is 14.7. The average Bonchev–Trinajstić information content (AvgIpc) is 2.84. The van der Waals surface area contributed by atoms with E-state index in [9.17, 15) is 0 Å². The Kier molecular flexibility index (Phi) is 5.24. The Morgan fingerprint density at radius 3 is 2.85 bits per heavy atom. The molecule has 0 bridgehead atoms. The van der Waals surface area contributed by atoms with Crippen LogP contribution in [-0.4, -0.2) is 6.54 Å². The van der Waals surface area contributed by atoms with Crippen LogP contribution in [0.25, 0.3) is 0 Å². The molecule has 0 aliphatic rings. The lowest BCUT2D eigenvalue weighted by molar-refractivity contribution is 0.270. The minimum Gasteiger partial charge on any atom is -0.486 e. The van der Waals surface area contributed by atoms with Crippen LogP contribution in [0, 0.1) is 12.8 Å². The van der Waals surface area contributed by atoms with Gasteiger partial charge in [0.25, 0.3) is 0 Å². The second kappa shape index (κ2) is 7.15.